The van der Waals surface area contributed by atoms with Crippen molar-refractivity contribution in [3.8, 4) is 0 Å². The Labute approximate surface area is 125 Å². The molecule has 1 aliphatic heterocycles. The van der Waals surface area contributed by atoms with Crippen LogP contribution in [0.15, 0.2) is 24.3 Å². The molecule has 0 radical (unpaired) electrons. The summed E-state index contributed by atoms with van der Waals surface area (Å²) in [6.45, 7) is 7.94. The molecular formula is C16H23N3O2. The van der Waals surface area contributed by atoms with Gasteiger partial charge in [0.05, 0.1) is 5.92 Å². The highest BCUT2D eigenvalue weighted by Crippen LogP contribution is 2.22. The summed E-state index contributed by atoms with van der Waals surface area (Å²) in [5.41, 5.74) is 6.89. The van der Waals surface area contributed by atoms with Crippen LogP contribution in [0, 0.1) is 11.3 Å². The number of carbonyl (C=O) groups is 1. The maximum absolute atomic E-state index is 11.9. The topological polar surface area (TPSA) is 79.4 Å². The minimum Gasteiger partial charge on any atom is -0.460 e. The van der Waals surface area contributed by atoms with Crippen LogP contribution >= 0.6 is 0 Å². The number of amidine groups is 1. The summed E-state index contributed by atoms with van der Waals surface area (Å²) in [6.07, 6.45) is 0. The molecule has 1 fully saturated rings. The Morgan fingerprint density at radius 2 is 1.90 bits per heavy atom. The van der Waals surface area contributed by atoms with E-state index < -0.39 is 5.60 Å². The van der Waals surface area contributed by atoms with Crippen molar-refractivity contribution in [3.63, 3.8) is 0 Å². The van der Waals surface area contributed by atoms with E-state index in [0.717, 1.165) is 30.8 Å². The molecule has 0 saturated carbocycles. The molecule has 0 atom stereocenters. The molecule has 0 aromatic heterocycles. The van der Waals surface area contributed by atoms with E-state index in [-0.39, 0.29) is 17.7 Å². The molecule has 1 heterocycles. The number of carbonyl (C=O) groups excluding carboxylic acids is 1. The Bertz CT molecular complexity index is 525. The zero-order chi connectivity index (χ0) is 15.6. The SMILES string of the molecule is CC(C)(C)OC(=O)C1CN(Cc2ccc(C(=N)N)cc2)C1. The first-order valence-corrected chi connectivity index (χ1v) is 7.13. The van der Waals surface area contributed by atoms with Gasteiger partial charge in [-0.25, -0.2) is 0 Å². The molecule has 5 nitrogen and oxygen atoms in total. The highest BCUT2D eigenvalue weighted by Gasteiger charge is 2.35. The third kappa shape index (κ3) is 4.29. The van der Waals surface area contributed by atoms with Gasteiger partial charge >= 0.3 is 5.97 Å². The molecule has 2 rings (SSSR count). The molecule has 3 N–H and O–H groups in total. The average Bonchev–Trinajstić information content (AvgIpc) is 2.31. The number of hydrogen-bond donors (Lipinski definition) is 2. The van der Waals surface area contributed by atoms with Crippen molar-refractivity contribution in [2.24, 2.45) is 11.7 Å². The predicted octanol–water partition coefficient (Wildman–Crippen LogP) is 1.74. The van der Waals surface area contributed by atoms with Crippen molar-refractivity contribution >= 4 is 11.8 Å². The van der Waals surface area contributed by atoms with Gasteiger partial charge in [0.15, 0.2) is 0 Å². The van der Waals surface area contributed by atoms with Gasteiger partial charge in [-0.2, -0.15) is 0 Å². The summed E-state index contributed by atoms with van der Waals surface area (Å²) in [5, 5.41) is 7.36. The van der Waals surface area contributed by atoms with E-state index in [1.165, 1.54) is 0 Å². The van der Waals surface area contributed by atoms with Gasteiger partial charge in [-0.1, -0.05) is 24.3 Å². The van der Waals surface area contributed by atoms with E-state index in [0.29, 0.717) is 0 Å². The van der Waals surface area contributed by atoms with Crippen LogP contribution in [0.2, 0.25) is 0 Å². The highest BCUT2D eigenvalue weighted by molar-refractivity contribution is 5.94. The molecule has 0 unspecified atom stereocenters. The lowest BCUT2D eigenvalue weighted by molar-refractivity contribution is -0.166. The van der Waals surface area contributed by atoms with Crippen LogP contribution in [0.1, 0.15) is 31.9 Å². The molecule has 1 aliphatic rings. The van der Waals surface area contributed by atoms with Crippen LogP contribution in [-0.2, 0) is 16.1 Å². The second-order valence-corrected chi connectivity index (χ2v) is 6.54. The van der Waals surface area contributed by atoms with E-state index >= 15 is 0 Å². The number of nitrogen functional groups attached to an aromatic ring is 1. The van der Waals surface area contributed by atoms with E-state index in [9.17, 15) is 4.79 Å². The van der Waals surface area contributed by atoms with Crippen LogP contribution in [0.4, 0.5) is 0 Å². The zero-order valence-corrected chi connectivity index (χ0v) is 12.8. The van der Waals surface area contributed by atoms with Crippen LogP contribution in [0.3, 0.4) is 0 Å². The fourth-order valence-electron chi connectivity index (χ4n) is 2.28. The van der Waals surface area contributed by atoms with Gasteiger partial charge in [0.2, 0.25) is 0 Å². The molecule has 0 amide bonds. The number of esters is 1. The second-order valence-electron chi connectivity index (χ2n) is 6.54. The van der Waals surface area contributed by atoms with Crippen molar-refractivity contribution < 1.29 is 9.53 Å². The smallest absolute Gasteiger partial charge is 0.312 e. The molecular weight excluding hydrogens is 266 g/mol. The zero-order valence-electron chi connectivity index (χ0n) is 12.8. The maximum atomic E-state index is 11.9. The van der Waals surface area contributed by atoms with Crippen LogP contribution < -0.4 is 5.73 Å². The van der Waals surface area contributed by atoms with Crippen molar-refractivity contribution in [1.29, 1.82) is 5.41 Å². The Kier molecular flexibility index (Phi) is 4.32. The van der Waals surface area contributed by atoms with E-state index in [2.05, 4.69) is 4.90 Å². The number of hydrogen-bond acceptors (Lipinski definition) is 4. The molecule has 1 saturated heterocycles. The van der Waals surface area contributed by atoms with Crippen molar-refractivity contribution in [2.45, 2.75) is 32.9 Å². The summed E-state index contributed by atoms with van der Waals surface area (Å²) < 4.78 is 5.38. The lowest BCUT2D eigenvalue weighted by Crippen LogP contribution is -2.51. The summed E-state index contributed by atoms with van der Waals surface area (Å²) >= 11 is 0. The normalized spacial score (nSPS) is 16.3. The number of nitrogens with zero attached hydrogens (tertiary/aromatic N) is 1. The Balaban J connectivity index is 1.80. The number of likely N-dealkylation sites (tertiary alicyclic amines) is 1. The number of benzene rings is 1. The predicted molar refractivity (Wildman–Crippen MR) is 82.1 cm³/mol. The minimum absolute atomic E-state index is 0.0132. The van der Waals surface area contributed by atoms with Crippen molar-refractivity contribution in [3.05, 3.63) is 35.4 Å². The molecule has 1 aromatic rings. The molecule has 1 aromatic carbocycles. The van der Waals surface area contributed by atoms with E-state index in [4.69, 9.17) is 15.9 Å². The standard InChI is InChI=1S/C16H23N3O2/c1-16(2,3)21-15(20)13-9-19(10-13)8-11-4-6-12(7-5-11)14(17)18/h4-7,13H,8-10H2,1-3H3,(H3,17,18). The molecule has 0 aliphatic carbocycles. The first-order valence-electron chi connectivity index (χ1n) is 7.13. The van der Waals surface area contributed by atoms with E-state index in [1.54, 1.807) is 0 Å². The number of rotatable bonds is 4. The summed E-state index contributed by atoms with van der Waals surface area (Å²) in [7, 11) is 0. The molecule has 0 bridgehead atoms. The number of nitrogens with two attached hydrogens (primary N) is 1. The highest BCUT2D eigenvalue weighted by atomic mass is 16.6. The quantitative estimate of drug-likeness (QED) is 0.503. The average molecular weight is 289 g/mol. The first kappa shape index (κ1) is 15.5. The monoisotopic (exact) mass is 289 g/mol. The van der Waals surface area contributed by atoms with Gasteiger partial charge in [-0.05, 0) is 26.3 Å². The van der Waals surface area contributed by atoms with Crippen molar-refractivity contribution in [2.75, 3.05) is 13.1 Å². The van der Waals surface area contributed by atoms with Crippen molar-refractivity contribution in [1.82, 2.24) is 4.90 Å². The Morgan fingerprint density at radius 3 is 2.38 bits per heavy atom. The van der Waals surface area contributed by atoms with Crippen LogP contribution in [-0.4, -0.2) is 35.4 Å². The lowest BCUT2D eigenvalue weighted by atomic mass is 9.98. The lowest BCUT2D eigenvalue weighted by Gasteiger charge is -2.38. The molecule has 21 heavy (non-hydrogen) atoms. The third-order valence-electron chi connectivity index (χ3n) is 3.37. The van der Waals surface area contributed by atoms with Gasteiger partial charge in [0.1, 0.15) is 11.4 Å². The van der Waals surface area contributed by atoms with Gasteiger partial charge in [0.25, 0.3) is 0 Å². The van der Waals surface area contributed by atoms with E-state index in [1.807, 2.05) is 45.0 Å². The summed E-state index contributed by atoms with van der Waals surface area (Å²) in [6, 6.07) is 7.64. The van der Waals surface area contributed by atoms with Gasteiger partial charge in [0, 0.05) is 25.2 Å². The van der Waals surface area contributed by atoms with Crippen LogP contribution in [0.25, 0.3) is 0 Å². The Hall–Kier alpha value is -1.88. The van der Waals surface area contributed by atoms with Gasteiger partial charge < -0.3 is 10.5 Å². The van der Waals surface area contributed by atoms with Gasteiger partial charge in [-0.3, -0.25) is 15.1 Å². The fourth-order valence-corrected chi connectivity index (χ4v) is 2.28. The van der Waals surface area contributed by atoms with Gasteiger partial charge in [-0.15, -0.1) is 0 Å². The first-order chi connectivity index (χ1) is 9.74. The molecule has 0 spiro atoms. The number of nitrogens with one attached hydrogen (secondary N) is 1. The minimum atomic E-state index is -0.417. The third-order valence-corrected chi connectivity index (χ3v) is 3.37. The van der Waals surface area contributed by atoms with Crippen LogP contribution in [0.5, 0.6) is 0 Å². The summed E-state index contributed by atoms with van der Waals surface area (Å²) in [4.78, 5) is 14.1. The summed E-state index contributed by atoms with van der Waals surface area (Å²) in [5.74, 6) is -0.0399. The fraction of sp³-hybridized carbons (Fsp3) is 0.500. The molecule has 114 valence electrons. The largest absolute Gasteiger partial charge is 0.460 e. The second kappa shape index (κ2) is 5.85. The Morgan fingerprint density at radius 1 is 1.33 bits per heavy atom. The number of ether oxygens (including phenoxy) is 1. The molecule has 5 heteroatoms. The maximum Gasteiger partial charge on any atom is 0.312 e.